The average Bonchev–Trinajstić information content (AvgIpc) is 2.44. The molecule has 0 fully saturated rings. The van der Waals surface area contributed by atoms with E-state index in [1.807, 2.05) is 54.6 Å². The summed E-state index contributed by atoms with van der Waals surface area (Å²) in [7, 11) is 0. The topological polar surface area (TPSA) is 35.2 Å². The van der Waals surface area contributed by atoms with Gasteiger partial charge >= 0.3 is 0 Å². The monoisotopic (exact) mass is 269 g/mol. The molecule has 0 radical (unpaired) electrons. The number of anilines is 1. The summed E-state index contributed by atoms with van der Waals surface area (Å²) in [6, 6.07) is 19.1. The number of nitrogen functional groups attached to an aromatic ring is 1. The van der Waals surface area contributed by atoms with E-state index >= 15 is 0 Å². The second-order valence-corrected chi connectivity index (χ2v) is 4.62. The third-order valence-electron chi connectivity index (χ3n) is 2.97. The Kier molecular flexibility index (Phi) is 3.02. The number of benzene rings is 3. The van der Waals surface area contributed by atoms with Gasteiger partial charge in [0.15, 0.2) is 0 Å². The second-order valence-electron chi connectivity index (χ2n) is 4.24. The number of ether oxygens (including phenoxy) is 1. The lowest BCUT2D eigenvalue weighted by atomic mass is 10.1. The van der Waals surface area contributed by atoms with Crippen LogP contribution < -0.4 is 10.5 Å². The Morgan fingerprint density at radius 1 is 0.789 bits per heavy atom. The SMILES string of the molecule is Nc1ccccc1Oc1ccc2ccccc2c1Cl. The molecule has 0 unspecified atom stereocenters. The molecular weight excluding hydrogens is 258 g/mol. The molecule has 3 aromatic carbocycles. The first-order valence-corrected chi connectivity index (χ1v) is 6.33. The minimum absolute atomic E-state index is 0.590. The van der Waals surface area contributed by atoms with E-state index in [1.165, 1.54) is 0 Å². The molecule has 0 spiro atoms. The van der Waals surface area contributed by atoms with Gasteiger partial charge in [0.25, 0.3) is 0 Å². The molecule has 0 atom stereocenters. The van der Waals surface area contributed by atoms with Crippen molar-refractivity contribution in [3.63, 3.8) is 0 Å². The van der Waals surface area contributed by atoms with Crippen LogP contribution in [0.4, 0.5) is 5.69 Å². The molecule has 19 heavy (non-hydrogen) atoms. The lowest BCUT2D eigenvalue weighted by molar-refractivity contribution is 0.486. The Morgan fingerprint density at radius 3 is 2.37 bits per heavy atom. The molecule has 94 valence electrons. The number of nitrogens with two attached hydrogens (primary N) is 1. The fourth-order valence-corrected chi connectivity index (χ4v) is 2.26. The molecule has 0 aliphatic rings. The smallest absolute Gasteiger partial charge is 0.150 e. The fraction of sp³-hybridized carbons (Fsp3) is 0. The van der Waals surface area contributed by atoms with Gasteiger partial charge in [-0.3, -0.25) is 0 Å². The van der Waals surface area contributed by atoms with Crippen molar-refractivity contribution in [1.82, 2.24) is 0 Å². The maximum absolute atomic E-state index is 6.38. The molecule has 0 heterocycles. The van der Waals surface area contributed by atoms with Crippen molar-refractivity contribution in [3.8, 4) is 11.5 Å². The third kappa shape index (κ3) is 2.23. The summed E-state index contributed by atoms with van der Waals surface area (Å²) in [6.07, 6.45) is 0. The molecule has 0 saturated heterocycles. The Morgan fingerprint density at radius 2 is 1.53 bits per heavy atom. The van der Waals surface area contributed by atoms with Crippen LogP contribution in [0.1, 0.15) is 0 Å². The number of rotatable bonds is 2. The second kappa shape index (κ2) is 4.82. The lowest BCUT2D eigenvalue weighted by Crippen LogP contribution is -1.92. The third-order valence-corrected chi connectivity index (χ3v) is 3.36. The number of para-hydroxylation sites is 2. The van der Waals surface area contributed by atoms with Crippen LogP contribution in [0.15, 0.2) is 60.7 Å². The number of fused-ring (bicyclic) bond motifs is 1. The number of hydrogen-bond donors (Lipinski definition) is 1. The van der Waals surface area contributed by atoms with Crippen molar-refractivity contribution >= 4 is 28.1 Å². The Labute approximate surface area is 116 Å². The molecule has 2 N–H and O–H groups in total. The van der Waals surface area contributed by atoms with Gasteiger partial charge in [0.05, 0.1) is 10.7 Å². The number of halogens is 1. The van der Waals surface area contributed by atoms with E-state index in [9.17, 15) is 0 Å². The van der Waals surface area contributed by atoms with Crippen LogP contribution >= 0.6 is 11.6 Å². The quantitative estimate of drug-likeness (QED) is 0.674. The molecule has 0 amide bonds. The first-order valence-electron chi connectivity index (χ1n) is 5.95. The van der Waals surface area contributed by atoms with Gasteiger partial charge in [-0.25, -0.2) is 0 Å². The zero-order valence-electron chi connectivity index (χ0n) is 10.1. The van der Waals surface area contributed by atoms with Gasteiger partial charge in [-0.05, 0) is 23.6 Å². The fourth-order valence-electron chi connectivity index (χ4n) is 1.98. The predicted molar refractivity (Wildman–Crippen MR) is 79.9 cm³/mol. The largest absolute Gasteiger partial charge is 0.454 e. The van der Waals surface area contributed by atoms with Crippen molar-refractivity contribution < 1.29 is 4.74 Å². The van der Waals surface area contributed by atoms with Crippen LogP contribution in [0.2, 0.25) is 5.02 Å². The summed E-state index contributed by atoms with van der Waals surface area (Å²) < 4.78 is 5.79. The van der Waals surface area contributed by atoms with Crippen LogP contribution in [0.3, 0.4) is 0 Å². The van der Waals surface area contributed by atoms with Gasteiger partial charge in [0.1, 0.15) is 11.5 Å². The van der Waals surface area contributed by atoms with Crippen molar-refractivity contribution in [2.24, 2.45) is 0 Å². The van der Waals surface area contributed by atoms with Gasteiger partial charge in [0.2, 0.25) is 0 Å². The standard InChI is InChI=1S/C16H12ClNO/c17-16-12-6-2-1-5-11(12)9-10-15(16)19-14-8-4-3-7-13(14)18/h1-10H,18H2. The summed E-state index contributed by atoms with van der Waals surface area (Å²) >= 11 is 6.38. The van der Waals surface area contributed by atoms with Gasteiger partial charge < -0.3 is 10.5 Å². The summed E-state index contributed by atoms with van der Waals surface area (Å²) in [5.74, 6) is 1.22. The molecule has 0 saturated carbocycles. The minimum Gasteiger partial charge on any atom is -0.454 e. The molecule has 0 bridgehead atoms. The zero-order valence-corrected chi connectivity index (χ0v) is 10.9. The maximum Gasteiger partial charge on any atom is 0.150 e. The van der Waals surface area contributed by atoms with E-state index in [0.29, 0.717) is 22.2 Å². The van der Waals surface area contributed by atoms with E-state index in [2.05, 4.69) is 0 Å². The Bertz CT molecular complexity index is 740. The highest BCUT2D eigenvalue weighted by Gasteiger charge is 2.08. The molecule has 3 aromatic rings. The zero-order chi connectivity index (χ0) is 13.2. The van der Waals surface area contributed by atoms with Gasteiger partial charge in [-0.15, -0.1) is 0 Å². The van der Waals surface area contributed by atoms with Crippen molar-refractivity contribution in [1.29, 1.82) is 0 Å². The highest BCUT2D eigenvalue weighted by atomic mass is 35.5. The Balaban J connectivity index is 2.07. The molecular formula is C16H12ClNO. The van der Waals surface area contributed by atoms with Gasteiger partial charge in [-0.1, -0.05) is 54.1 Å². The summed E-state index contributed by atoms with van der Waals surface area (Å²) in [5, 5.41) is 2.65. The van der Waals surface area contributed by atoms with Crippen LogP contribution in [0.25, 0.3) is 10.8 Å². The summed E-state index contributed by atoms with van der Waals surface area (Å²) in [4.78, 5) is 0. The van der Waals surface area contributed by atoms with E-state index in [0.717, 1.165) is 10.8 Å². The summed E-state index contributed by atoms with van der Waals surface area (Å²) in [6.45, 7) is 0. The predicted octanol–water partition coefficient (Wildman–Crippen LogP) is 4.87. The molecule has 0 aromatic heterocycles. The minimum atomic E-state index is 0.590. The highest BCUT2D eigenvalue weighted by molar-refractivity contribution is 6.37. The van der Waals surface area contributed by atoms with Crippen LogP contribution in [-0.2, 0) is 0 Å². The number of hydrogen-bond acceptors (Lipinski definition) is 2. The normalized spacial score (nSPS) is 10.6. The summed E-state index contributed by atoms with van der Waals surface area (Å²) in [5.41, 5.74) is 6.45. The molecule has 0 aliphatic heterocycles. The van der Waals surface area contributed by atoms with Crippen molar-refractivity contribution in [2.75, 3.05) is 5.73 Å². The molecule has 0 aliphatic carbocycles. The van der Waals surface area contributed by atoms with E-state index < -0.39 is 0 Å². The molecule has 2 nitrogen and oxygen atoms in total. The lowest BCUT2D eigenvalue weighted by Gasteiger charge is -2.11. The van der Waals surface area contributed by atoms with Crippen LogP contribution in [0.5, 0.6) is 11.5 Å². The average molecular weight is 270 g/mol. The molecule has 3 rings (SSSR count). The Hall–Kier alpha value is -2.19. The first-order chi connectivity index (χ1) is 9.25. The van der Waals surface area contributed by atoms with Gasteiger partial charge in [0, 0.05) is 5.39 Å². The maximum atomic E-state index is 6.38. The molecule has 3 heteroatoms. The first kappa shape index (κ1) is 11.9. The van der Waals surface area contributed by atoms with Crippen molar-refractivity contribution in [2.45, 2.75) is 0 Å². The van der Waals surface area contributed by atoms with Crippen LogP contribution in [-0.4, -0.2) is 0 Å². The van der Waals surface area contributed by atoms with Gasteiger partial charge in [-0.2, -0.15) is 0 Å². The van der Waals surface area contributed by atoms with E-state index in [-0.39, 0.29) is 0 Å². The highest BCUT2D eigenvalue weighted by Crippen LogP contribution is 2.36. The van der Waals surface area contributed by atoms with E-state index in [4.69, 9.17) is 22.1 Å². The van der Waals surface area contributed by atoms with E-state index in [1.54, 1.807) is 6.07 Å². The van der Waals surface area contributed by atoms with Crippen molar-refractivity contribution in [3.05, 3.63) is 65.7 Å². The van der Waals surface area contributed by atoms with Crippen LogP contribution in [0, 0.1) is 0 Å².